The van der Waals surface area contributed by atoms with Gasteiger partial charge in [0, 0.05) is 13.0 Å². The summed E-state index contributed by atoms with van der Waals surface area (Å²) in [5.41, 5.74) is 1.33. The fourth-order valence-corrected chi connectivity index (χ4v) is 2.82. The molecule has 1 heterocycles. The van der Waals surface area contributed by atoms with E-state index in [0.29, 0.717) is 5.78 Å². The third kappa shape index (κ3) is 5.45. The van der Waals surface area contributed by atoms with Crippen molar-refractivity contribution in [1.82, 2.24) is 0 Å². The first-order chi connectivity index (χ1) is 9.24. The molecule has 0 N–H and O–H groups in total. The Labute approximate surface area is 116 Å². The first-order valence-corrected chi connectivity index (χ1v) is 7.73. The summed E-state index contributed by atoms with van der Waals surface area (Å²) in [6.07, 6.45) is 11.6. The van der Waals surface area contributed by atoms with E-state index in [2.05, 4.69) is 6.92 Å². The number of carbonyl (C=O) groups excluding carboxylic acids is 1. The van der Waals surface area contributed by atoms with Gasteiger partial charge in [-0.2, -0.15) is 0 Å². The lowest BCUT2D eigenvalue weighted by molar-refractivity contribution is -0.185. The minimum Gasteiger partial charge on any atom is -0.353 e. The van der Waals surface area contributed by atoms with Gasteiger partial charge in [-0.3, -0.25) is 4.79 Å². The molecule has 2 rings (SSSR count). The van der Waals surface area contributed by atoms with E-state index in [9.17, 15) is 4.79 Å². The molecule has 1 aliphatic carbocycles. The van der Waals surface area contributed by atoms with Crippen molar-refractivity contribution in [3.8, 4) is 0 Å². The van der Waals surface area contributed by atoms with Crippen LogP contribution in [0.25, 0.3) is 0 Å². The molecule has 0 bridgehead atoms. The van der Waals surface area contributed by atoms with Gasteiger partial charge in [-0.25, -0.2) is 0 Å². The van der Waals surface area contributed by atoms with Crippen LogP contribution in [0.4, 0.5) is 0 Å². The van der Waals surface area contributed by atoms with Crippen LogP contribution in [0.15, 0.2) is 11.6 Å². The zero-order valence-electron chi connectivity index (χ0n) is 12.0. The first kappa shape index (κ1) is 14.7. The quantitative estimate of drug-likeness (QED) is 0.734. The Hall–Kier alpha value is -0.670. The molecular formula is C16H26O3. The molecule has 3 heteroatoms. The van der Waals surface area contributed by atoms with Gasteiger partial charge in [0.25, 0.3) is 0 Å². The minimum atomic E-state index is 0.0132. The van der Waals surface area contributed by atoms with Crippen molar-refractivity contribution >= 4 is 5.78 Å². The molecule has 0 amide bonds. The van der Waals surface area contributed by atoms with Crippen molar-refractivity contribution < 1.29 is 14.3 Å². The predicted octanol–water partition coefficient (Wildman–Crippen LogP) is 3.77. The Morgan fingerprint density at radius 1 is 1.37 bits per heavy atom. The van der Waals surface area contributed by atoms with E-state index in [1.807, 2.05) is 6.08 Å². The fourth-order valence-electron chi connectivity index (χ4n) is 2.82. The van der Waals surface area contributed by atoms with E-state index in [-0.39, 0.29) is 12.4 Å². The summed E-state index contributed by atoms with van der Waals surface area (Å²) in [6.45, 7) is 2.96. The van der Waals surface area contributed by atoms with Crippen LogP contribution in [0, 0.1) is 0 Å². The molecule has 0 aromatic heterocycles. The second-order valence-electron chi connectivity index (χ2n) is 5.76. The summed E-state index contributed by atoms with van der Waals surface area (Å²) >= 11 is 0. The molecule has 2 unspecified atom stereocenters. The molecule has 0 aromatic rings. The van der Waals surface area contributed by atoms with Crippen LogP contribution < -0.4 is 0 Å². The highest BCUT2D eigenvalue weighted by molar-refractivity contribution is 5.91. The fraction of sp³-hybridized carbons (Fsp3) is 0.812. The lowest BCUT2D eigenvalue weighted by Gasteiger charge is -2.26. The summed E-state index contributed by atoms with van der Waals surface area (Å²) in [7, 11) is 0. The van der Waals surface area contributed by atoms with Crippen LogP contribution in [0.5, 0.6) is 0 Å². The molecule has 1 fully saturated rings. The second kappa shape index (κ2) is 7.81. The molecule has 3 nitrogen and oxygen atoms in total. The highest BCUT2D eigenvalue weighted by Crippen LogP contribution is 2.22. The van der Waals surface area contributed by atoms with Gasteiger partial charge in [0.2, 0.25) is 0 Å². The topological polar surface area (TPSA) is 35.5 Å². The van der Waals surface area contributed by atoms with Gasteiger partial charge in [-0.1, -0.05) is 5.57 Å². The zero-order valence-corrected chi connectivity index (χ0v) is 12.0. The molecule has 2 aliphatic rings. The summed E-state index contributed by atoms with van der Waals surface area (Å²) in [6, 6.07) is 0. The first-order valence-electron chi connectivity index (χ1n) is 7.73. The van der Waals surface area contributed by atoms with Crippen LogP contribution >= 0.6 is 0 Å². The largest absolute Gasteiger partial charge is 0.353 e. The normalized spacial score (nSPS) is 26.1. The van der Waals surface area contributed by atoms with Crippen LogP contribution in [-0.2, 0) is 14.3 Å². The van der Waals surface area contributed by atoms with Crippen LogP contribution in [0.3, 0.4) is 0 Å². The zero-order chi connectivity index (χ0) is 13.5. The maximum atomic E-state index is 11.3. The van der Waals surface area contributed by atoms with Gasteiger partial charge in [-0.05, 0) is 64.4 Å². The van der Waals surface area contributed by atoms with E-state index in [1.165, 1.54) is 12.0 Å². The van der Waals surface area contributed by atoms with E-state index >= 15 is 0 Å². The molecule has 0 radical (unpaired) electrons. The summed E-state index contributed by atoms with van der Waals surface area (Å²) in [4.78, 5) is 11.3. The number of ketones is 1. The Kier molecular flexibility index (Phi) is 6.05. The third-order valence-electron chi connectivity index (χ3n) is 3.92. The van der Waals surface area contributed by atoms with Crippen molar-refractivity contribution in [1.29, 1.82) is 0 Å². The summed E-state index contributed by atoms with van der Waals surface area (Å²) in [5, 5.41) is 0. The minimum absolute atomic E-state index is 0.0132. The highest BCUT2D eigenvalue weighted by Gasteiger charge is 2.17. The predicted molar refractivity (Wildman–Crippen MR) is 74.9 cm³/mol. The molecule has 2 atom stereocenters. The number of ether oxygens (including phenoxy) is 2. The average molecular weight is 266 g/mol. The van der Waals surface area contributed by atoms with E-state index in [1.54, 1.807) is 0 Å². The second-order valence-corrected chi connectivity index (χ2v) is 5.76. The maximum absolute atomic E-state index is 11.3. The van der Waals surface area contributed by atoms with Crippen molar-refractivity contribution in [2.24, 2.45) is 0 Å². The standard InChI is InChI=1S/C16H26O3/c1-13(19-16-10-2-3-11-18-16)6-4-7-14-8-5-9-15(17)12-14/h12-13,16H,2-11H2,1H3. The number of rotatable bonds is 6. The lowest BCUT2D eigenvalue weighted by atomic mass is 9.94. The number of allylic oxidation sites excluding steroid dienone is 2. The molecule has 1 saturated heterocycles. The molecule has 0 spiro atoms. The van der Waals surface area contributed by atoms with Crippen molar-refractivity contribution in [3.05, 3.63) is 11.6 Å². The number of hydrogen-bond acceptors (Lipinski definition) is 3. The van der Waals surface area contributed by atoms with Crippen molar-refractivity contribution in [2.75, 3.05) is 6.61 Å². The molecular weight excluding hydrogens is 240 g/mol. The third-order valence-corrected chi connectivity index (χ3v) is 3.92. The van der Waals surface area contributed by atoms with Gasteiger partial charge >= 0.3 is 0 Å². The highest BCUT2D eigenvalue weighted by atomic mass is 16.7. The van der Waals surface area contributed by atoms with Crippen LogP contribution in [-0.4, -0.2) is 24.8 Å². The van der Waals surface area contributed by atoms with E-state index < -0.39 is 0 Å². The smallest absolute Gasteiger partial charge is 0.157 e. The SMILES string of the molecule is CC(CCCC1=CC(=O)CCC1)OC1CCCCO1. The van der Waals surface area contributed by atoms with Gasteiger partial charge in [0.15, 0.2) is 12.1 Å². The van der Waals surface area contributed by atoms with Gasteiger partial charge in [0.1, 0.15) is 0 Å². The van der Waals surface area contributed by atoms with E-state index in [0.717, 1.165) is 58.0 Å². The van der Waals surface area contributed by atoms with E-state index in [4.69, 9.17) is 9.47 Å². The summed E-state index contributed by atoms with van der Waals surface area (Å²) in [5.74, 6) is 0.307. The van der Waals surface area contributed by atoms with Gasteiger partial charge in [0.05, 0.1) is 6.10 Å². The summed E-state index contributed by atoms with van der Waals surface area (Å²) < 4.78 is 11.5. The Morgan fingerprint density at radius 3 is 3.00 bits per heavy atom. The Morgan fingerprint density at radius 2 is 2.26 bits per heavy atom. The molecule has 1 aliphatic heterocycles. The maximum Gasteiger partial charge on any atom is 0.157 e. The Bertz CT molecular complexity index is 316. The molecule has 0 aromatic carbocycles. The Balaban J connectivity index is 1.60. The van der Waals surface area contributed by atoms with Crippen molar-refractivity contribution in [2.45, 2.75) is 77.1 Å². The number of hydrogen-bond donors (Lipinski definition) is 0. The average Bonchev–Trinajstić information content (AvgIpc) is 2.40. The lowest BCUT2D eigenvalue weighted by Crippen LogP contribution is -2.26. The van der Waals surface area contributed by atoms with Crippen molar-refractivity contribution in [3.63, 3.8) is 0 Å². The van der Waals surface area contributed by atoms with Gasteiger partial charge < -0.3 is 9.47 Å². The van der Waals surface area contributed by atoms with Gasteiger partial charge in [-0.15, -0.1) is 0 Å². The molecule has 108 valence electrons. The van der Waals surface area contributed by atoms with Crippen LogP contribution in [0.1, 0.15) is 64.7 Å². The number of carbonyl (C=O) groups is 1. The molecule has 0 saturated carbocycles. The van der Waals surface area contributed by atoms with Crippen LogP contribution in [0.2, 0.25) is 0 Å². The molecule has 19 heavy (non-hydrogen) atoms. The monoisotopic (exact) mass is 266 g/mol.